The summed E-state index contributed by atoms with van der Waals surface area (Å²) in [6.45, 7) is 10.2. The van der Waals surface area contributed by atoms with Gasteiger partial charge in [0.15, 0.2) is 0 Å². The van der Waals surface area contributed by atoms with Crippen molar-refractivity contribution in [2.75, 3.05) is 6.54 Å². The monoisotopic (exact) mass is 367 g/mol. The van der Waals surface area contributed by atoms with Crippen molar-refractivity contribution < 1.29 is 29.3 Å². The van der Waals surface area contributed by atoms with Gasteiger partial charge in [0.2, 0.25) is 0 Å². The third-order valence-corrected chi connectivity index (χ3v) is 3.08. The average molecular weight is 367 g/mol. The molecule has 3 N–H and O–H groups in total. The van der Waals surface area contributed by atoms with Gasteiger partial charge in [-0.25, -0.2) is 9.59 Å². The number of carbonyl (C=O) groups is 2. The van der Waals surface area contributed by atoms with Gasteiger partial charge in [-0.15, -0.1) is 0 Å². The van der Waals surface area contributed by atoms with Gasteiger partial charge < -0.3 is 25.0 Å². The molecule has 2 unspecified atom stereocenters. The zero-order valence-corrected chi connectivity index (χ0v) is 16.2. The molecule has 7 nitrogen and oxygen atoms in total. The topological polar surface area (TPSA) is 105 Å². The summed E-state index contributed by atoms with van der Waals surface area (Å²) >= 11 is 0. The molecule has 1 aromatic rings. The third-order valence-electron chi connectivity index (χ3n) is 3.08. The van der Waals surface area contributed by atoms with Gasteiger partial charge in [-0.3, -0.25) is 0 Å². The summed E-state index contributed by atoms with van der Waals surface area (Å²) in [7, 11) is 0. The first-order valence-corrected chi connectivity index (χ1v) is 8.45. The lowest BCUT2D eigenvalue weighted by Crippen LogP contribution is -2.38. The van der Waals surface area contributed by atoms with E-state index in [0.29, 0.717) is 5.56 Å². The average Bonchev–Trinajstić information content (AvgIpc) is 2.48. The van der Waals surface area contributed by atoms with Crippen LogP contribution in [0.3, 0.4) is 0 Å². The number of alkyl carbamates (subject to hydrolysis) is 1. The van der Waals surface area contributed by atoms with Crippen molar-refractivity contribution in [3.8, 4) is 0 Å². The Labute approximate surface area is 154 Å². The lowest BCUT2D eigenvalue weighted by molar-refractivity contribution is 0.00657. The Balaban J connectivity index is 2.71. The number of ether oxygens (including phenoxy) is 2. The van der Waals surface area contributed by atoms with Crippen LogP contribution in [0, 0.1) is 0 Å². The summed E-state index contributed by atoms with van der Waals surface area (Å²) in [5.41, 5.74) is -0.687. The van der Waals surface area contributed by atoms with Crippen molar-refractivity contribution in [1.82, 2.24) is 5.32 Å². The summed E-state index contributed by atoms with van der Waals surface area (Å²) in [6.07, 6.45) is -3.24. The van der Waals surface area contributed by atoms with Gasteiger partial charge in [0.25, 0.3) is 0 Å². The van der Waals surface area contributed by atoms with Crippen LogP contribution in [0.25, 0.3) is 0 Å². The minimum Gasteiger partial charge on any atom is -0.456 e. The Hall–Kier alpha value is -2.12. The van der Waals surface area contributed by atoms with Crippen molar-refractivity contribution in [2.45, 2.75) is 65.0 Å². The highest BCUT2D eigenvalue weighted by molar-refractivity contribution is 5.89. The number of hydrogen-bond acceptors (Lipinski definition) is 6. The van der Waals surface area contributed by atoms with Crippen LogP contribution in [0.4, 0.5) is 4.79 Å². The van der Waals surface area contributed by atoms with Gasteiger partial charge in [-0.1, -0.05) is 12.1 Å². The number of aliphatic hydroxyl groups excluding tert-OH is 2. The molecule has 0 heterocycles. The van der Waals surface area contributed by atoms with Crippen LogP contribution in [-0.4, -0.2) is 46.1 Å². The van der Waals surface area contributed by atoms with Crippen molar-refractivity contribution in [3.63, 3.8) is 0 Å². The SMILES string of the molecule is CC(C)(C)OC(=O)NCC(O)C(O)c1cccc(C(=O)OC(C)(C)C)c1. The molecule has 0 aliphatic carbocycles. The van der Waals surface area contributed by atoms with Crippen molar-refractivity contribution in [2.24, 2.45) is 0 Å². The Morgan fingerprint density at radius 3 is 2.15 bits per heavy atom. The quantitative estimate of drug-likeness (QED) is 0.691. The second-order valence-electron chi connectivity index (χ2n) is 8.02. The Morgan fingerprint density at radius 2 is 1.62 bits per heavy atom. The Kier molecular flexibility index (Phi) is 7.17. The van der Waals surface area contributed by atoms with E-state index in [-0.39, 0.29) is 12.1 Å². The van der Waals surface area contributed by atoms with Crippen LogP contribution in [0.5, 0.6) is 0 Å². The fourth-order valence-electron chi connectivity index (χ4n) is 2.02. The molecule has 0 aliphatic rings. The van der Waals surface area contributed by atoms with E-state index in [1.807, 2.05) is 0 Å². The second kappa shape index (κ2) is 8.51. The van der Waals surface area contributed by atoms with Crippen molar-refractivity contribution in [3.05, 3.63) is 35.4 Å². The standard InChI is InChI=1S/C19H29NO6/c1-18(2,3)25-16(23)13-9-7-8-12(10-13)15(22)14(21)11-20-17(24)26-19(4,5)6/h7-10,14-15,21-22H,11H2,1-6H3,(H,20,24). The largest absolute Gasteiger partial charge is 0.456 e. The number of esters is 1. The smallest absolute Gasteiger partial charge is 0.407 e. The van der Waals surface area contributed by atoms with Crippen LogP contribution in [0.15, 0.2) is 24.3 Å². The van der Waals surface area contributed by atoms with Crippen LogP contribution in [0.1, 0.15) is 63.6 Å². The van der Waals surface area contributed by atoms with Gasteiger partial charge in [-0.2, -0.15) is 0 Å². The number of amides is 1. The molecule has 26 heavy (non-hydrogen) atoms. The van der Waals surface area contributed by atoms with Gasteiger partial charge in [0.1, 0.15) is 23.4 Å². The van der Waals surface area contributed by atoms with E-state index in [1.54, 1.807) is 59.7 Å². The molecular weight excluding hydrogens is 338 g/mol. The summed E-state index contributed by atoms with van der Waals surface area (Å²) in [5.74, 6) is -0.520. The number of nitrogens with one attached hydrogen (secondary N) is 1. The molecule has 1 rings (SSSR count). The molecule has 1 amide bonds. The highest BCUT2D eigenvalue weighted by Gasteiger charge is 2.23. The molecular formula is C19H29NO6. The van der Waals surface area contributed by atoms with Gasteiger partial charge >= 0.3 is 12.1 Å². The first-order chi connectivity index (χ1) is 11.8. The lowest BCUT2D eigenvalue weighted by Gasteiger charge is -2.23. The minimum atomic E-state index is -1.28. The van der Waals surface area contributed by atoms with Gasteiger partial charge in [0, 0.05) is 6.54 Å². The fourth-order valence-corrected chi connectivity index (χ4v) is 2.02. The Bertz CT molecular complexity index is 630. The number of aliphatic hydroxyl groups is 2. The molecule has 0 fully saturated rings. The predicted octanol–water partition coefficient (Wildman–Crippen LogP) is 2.56. The molecule has 2 atom stereocenters. The molecule has 0 saturated carbocycles. The van der Waals surface area contributed by atoms with E-state index in [0.717, 1.165) is 0 Å². The third kappa shape index (κ3) is 7.84. The highest BCUT2D eigenvalue weighted by Crippen LogP contribution is 2.20. The van der Waals surface area contributed by atoms with Crippen LogP contribution in [-0.2, 0) is 9.47 Å². The van der Waals surface area contributed by atoms with E-state index in [4.69, 9.17) is 9.47 Å². The summed E-state index contributed by atoms with van der Waals surface area (Å²) in [5, 5.41) is 22.8. The maximum absolute atomic E-state index is 12.1. The van der Waals surface area contributed by atoms with Crippen LogP contribution >= 0.6 is 0 Å². The normalized spacial score (nSPS) is 14.3. The van der Waals surface area contributed by atoms with Crippen LogP contribution in [0.2, 0.25) is 0 Å². The Morgan fingerprint density at radius 1 is 1.04 bits per heavy atom. The van der Waals surface area contributed by atoms with Gasteiger partial charge in [-0.05, 0) is 59.2 Å². The van der Waals surface area contributed by atoms with E-state index >= 15 is 0 Å². The highest BCUT2D eigenvalue weighted by atomic mass is 16.6. The summed E-state index contributed by atoms with van der Waals surface area (Å²) in [4.78, 5) is 23.7. The maximum Gasteiger partial charge on any atom is 0.407 e. The van der Waals surface area contributed by atoms with E-state index in [1.165, 1.54) is 6.07 Å². The molecule has 0 aliphatic heterocycles. The molecule has 0 spiro atoms. The predicted molar refractivity (Wildman–Crippen MR) is 96.8 cm³/mol. The number of rotatable bonds is 5. The molecule has 0 saturated heterocycles. The first-order valence-electron chi connectivity index (χ1n) is 8.45. The maximum atomic E-state index is 12.1. The summed E-state index contributed by atoms with van der Waals surface area (Å²) in [6, 6.07) is 6.19. The minimum absolute atomic E-state index is 0.202. The fraction of sp³-hybridized carbons (Fsp3) is 0.579. The first kappa shape index (κ1) is 21.9. The molecule has 0 radical (unpaired) electrons. The molecule has 7 heteroatoms. The molecule has 146 valence electrons. The van der Waals surface area contributed by atoms with E-state index in [9.17, 15) is 19.8 Å². The number of carbonyl (C=O) groups excluding carboxylic acids is 2. The lowest BCUT2D eigenvalue weighted by atomic mass is 10.0. The van der Waals surface area contributed by atoms with Gasteiger partial charge in [0.05, 0.1) is 5.56 Å². The molecule has 1 aromatic carbocycles. The molecule has 0 aromatic heterocycles. The second-order valence-corrected chi connectivity index (χ2v) is 8.02. The number of benzene rings is 1. The van der Waals surface area contributed by atoms with Crippen molar-refractivity contribution in [1.29, 1.82) is 0 Å². The van der Waals surface area contributed by atoms with E-state index < -0.39 is 35.5 Å². The summed E-state index contributed by atoms with van der Waals surface area (Å²) < 4.78 is 10.4. The van der Waals surface area contributed by atoms with Crippen LogP contribution < -0.4 is 5.32 Å². The van der Waals surface area contributed by atoms with E-state index in [2.05, 4.69) is 5.32 Å². The van der Waals surface area contributed by atoms with Crippen molar-refractivity contribution >= 4 is 12.1 Å². The zero-order chi connectivity index (χ0) is 20.1. The molecule has 0 bridgehead atoms. The zero-order valence-electron chi connectivity index (χ0n) is 16.2. The number of hydrogen-bond donors (Lipinski definition) is 3.